The van der Waals surface area contributed by atoms with Crippen LogP contribution in [-0.4, -0.2) is 36.9 Å². The van der Waals surface area contributed by atoms with Crippen molar-refractivity contribution in [1.82, 2.24) is 5.43 Å². The van der Waals surface area contributed by atoms with Crippen molar-refractivity contribution in [2.75, 3.05) is 24.6 Å². The normalized spacial score (nSPS) is 12.0. The number of aliphatic hydroxyl groups is 1. The van der Waals surface area contributed by atoms with Gasteiger partial charge in [-0.15, -0.1) is 0 Å². The van der Waals surface area contributed by atoms with Crippen LogP contribution in [0.5, 0.6) is 5.75 Å². The Balaban J connectivity index is 1.77. The standard InChI is InChI=1S/C23H31N3O3/c1-4-26(5-2)20-11-7-18(8-12-20)17-24-25-23(28)16-15-22(27)19-9-13-21(14-10-19)29-6-3/h7-14,17,22,27H,4-6,15-16H2,1-3H3,(H,25,28)/b24-17-/t22-/m1/s1. The lowest BCUT2D eigenvalue weighted by Crippen LogP contribution is -2.21. The molecule has 0 aliphatic rings. The summed E-state index contributed by atoms with van der Waals surface area (Å²) in [6.07, 6.45) is 1.43. The molecule has 2 rings (SSSR count). The Kier molecular flexibility index (Phi) is 9.18. The van der Waals surface area contributed by atoms with Gasteiger partial charge in [0.15, 0.2) is 0 Å². The fourth-order valence-corrected chi connectivity index (χ4v) is 2.98. The summed E-state index contributed by atoms with van der Waals surface area (Å²) < 4.78 is 5.39. The summed E-state index contributed by atoms with van der Waals surface area (Å²) in [5, 5.41) is 14.2. The maximum Gasteiger partial charge on any atom is 0.240 e. The Labute approximate surface area is 173 Å². The predicted molar refractivity (Wildman–Crippen MR) is 118 cm³/mol. The lowest BCUT2D eigenvalue weighted by atomic mass is 10.0. The van der Waals surface area contributed by atoms with E-state index in [2.05, 4.69) is 29.3 Å². The molecule has 0 saturated heterocycles. The third kappa shape index (κ3) is 7.23. The summed E-state index contributed by atoms with van der Waals surface area (Å²) in [5.41, 5.74) is 5.35. The molecule has 6 heteroatoms. The van der Waals surface area contributed by atoms with Crippen LogP contribution in [0, 0.1) is 0 Å². The van der Waals surface area contributed by atoms with Crippen LogP contribution in [0.15, 0.2) is 53.6 Å². The predicted octanol–water partition coefficient (Wildman–Crippen LogP) is 3.90. The Morgan fingerprint density at radius 2 is 1.76 bits per heavy atom. The third-order valence-corrected chi connectivity index (χ3v) is 4.65. The van der Waals surface area contributed by atoms with Crippen LogP contribution in [0.25, 0.3) is 0 Å². The van der Waals surface area contributed by atoms with E-state index in [1.165, 1.54) is 5.69 Å². The fourth-order valence-electron chi connectivity index (χ4n) is 2.98. The quantitative estimate of drug-likeness (QED) is 0.446. The fraction of sp³-hybridized carbons (Fsp3) is 0.391. The number of rotatable bonds is 11. The first-order chi connectivity index (χ1) is 14.1. The molecule has 156 valence electrons. The maximum absolute atomic E-state index is 12.0. The van der Waals surface area contributed by atoms with Crippen LogP contribution < -0.4 is 15.1 Å². The number of ether oxygens (including phenoxy) is 1. The van der Waals surface area contributed by atoms with E-state index >= 15 is 0 Å². The Morgan fingerprint density at radius 1 is 1.10 bits per heavy atom. The highest BCUT2D eigenvalue weighted by Gasteiger charge is 2.10. The van der Waals surface area contributed by atoms with Crippen LogP contribution in [0.3, 0.4) is 0 Å². The average molecular weight is 398 g/mol. The minimum Gasteiger partial charge on any atom is -0.494 e. The summed E-state index contributed by atoms with van der Waals surface area (Å²) in [4.78, 5) is 14.2. The number of hydrazone groups is 1. The molecule has 1 atom stereocenters. The van der Waals surface area contributed by atoms with Crippen molar-refractivity contribution in [2.45, 2.75) is 39.7 Å². The molecule has 29 heavy (non-hydrogen) atoms. The minimum atomic E-state index is -0.701. The highest BCUT2D eigenvalue weighted by Crippen LogP contribution is 2.21. The van der Waals surface area contributed by atoms with Crippen LogP contribution in [0.2, 0.25) is 0 Å². The molecule has 0 spiro atoms. The van der Waals surface area contributed by atoms with Gasteiger partial charge in [-0.25, -0.2) is 5.43 Å². The van der Waals surface area contributed by atoms with Crippen molar-refractivity contribution < 1.29 is 14.6 Å². The number of benzene rings is 2. The monoisotopic (exact) mass is 397 g/mol. The third-order valence-electron chi connectivity index (χ3n) is 4.65. The van der Waals surface area contributed by atoms with Crippen LogP contribution >= 0.6 is 0 Å². The molecule has 0 bridgehead atoms. The molecule has 0 radical (unpaired) electrons. The molecule has 0 heterocycles. The van der Waals surface area contributed by atoms with E-state index in [4.69, 9.17) is 4.74 Å². The summed E-state index contributed by atoms with van der Waals surface area (Å²) in [6, 6.07) is 15.3. The number of nitrogens with zero attached hydrogens (tertiary/aromatic N) is 2. The number of amides is 1. The molecule has 1 amide bonds. The molecule has 0 saturated carbocycles. The molecular weight excluding hydrogens is 366 g/mol. The van der Waals surface area contributed by atoms with Gasteiger partial charge in [-0.05, 0) is 62.6 Å². The van der Waals surface area contributed by atoms with Gasteiger partial charge in [0.25, 0.3) is 0 Å². The van der Waals surface area contributed by atoms with Crippen LogP contribution in [0.1, 0.15) is 50.8 Å². The highest BCUT2D eigenvalue weighted by molar-refractivity contribution is 5.82. The number of hydrogen-bond donors (Lipinski definition) is 2. The van der Waals surface area contributed by atoms with Crippen molar-refractivity contribution in [3.05, 3.63) is 59.7 Å². The van der Waals surface area contributed by atoms with Crippen LogP contribution in [-0.2, 0) is 4.79 Å². The van der Waals surface area contributed by atoms with E-state index < -0.39 is 6.10 Å². The second-order valence-corrected chi connectivity index (χ2v) is 6.61. The van der Waals surface area contributed by atoms with Crippen molar-refractivity contribution in [1.29, 1.82) is 0 Å². The maximum atomic E-state index is 12.0. The van der Waals surface area contributed by atoms with Gasteiger partial charge in [0.2, 0.25) is 5.91 Å². The Hall–Kier alpha value is -2.86. The largest absolute Gasteiger partial charge is 0.494 e. The zero-order valence-electron chi connectivity index (χ0n) is 17.5. The van der Waals surface area contributed by atoms with Gasteiger partial charge in [-0.2, -0.15) is 5.10 Å². The summed E-state index contributed by atoms with van der Waals surface area (Å²) in [6.45, 7) is 8.70. The molecular formula is C23H31N3O3. The van der Waals surface area contributed by atoms with Crippen molar-refractivity contribution >= 4 is 17.8 Å². The van der Waals surface area contributed by atoms with E-state index in [0.717, 1.165) is 30.0 Å². The number of nitrogens with one attached hydrogen (secondary N) is 1. The second-order valence-electron chi connectivity index (χ2n) is 6.61. The Bertz CT molecular complexity index is 769. The van der Waals surface area contributed by atoms with Crippen molar-refractivity contribution in [3.63, 3.8) is 0 Å². The Morgan fingerprint density at radius 3 is 2.34 bits per heavy atom. The second kappa shape index (κ2) is 11.9. The number of carbonyl (C=O) groups excluding carboxylic acids is 1. The SMILES string of the molecule is CCOc1ccc([C@H](O)CCC(=O)N/N=C\c2ccc(N(CC)CC)cc2)cc1. The zero-order valence-corrected chi connectivity index (χ0v) is 17.5. The van der Waals surface area contributed by atoms with Crippen LogP contribution in [0.4, 0.5) is 5.69 Å². The molecule has 0 aliphatic carbocycles. The molecule has 0 fully saturated rings. The average Bonchev–Trinajstić information content (AvgIpc) is 2.75. The van der Waals surface area contributed by atoms with Gasteiger partial charge in [0.05, 0.1) is 18.9 Å². The minimum absolute atomic E-state index is 0.187. The molecule has 2 N–H and O–H groups in total. The van der Waals surface area contributed by atoms with E-state index in [9.17, 15) is 9.90 Å². The summed E-state index contributed by atoms with van der Waals surface area (Å²) in [5.74, 6) is 0.534. The first-order valence-electron chi connectivity index (χ1n) is 10.1. The van der Waals surface area contributed by atoms with Crippen molar-refractivity contribution in [3.8, 4) is 5.75 Å². The number of anilines is 1. The topological polar surface area (TPSA) is 74.2 Å². The summed E-state index contributed by atoms with van der Waals surface area (Å²) in [7, 11) is 0. The van der Waals surface area contributed by atoms with E-state index in [0.29, 0.717) is 13.0 Å². The molecule has 0 unspecified atom stereocenters. The summed E-state index contributed by atoms with van der Waals surface area (Å²) >= 11 is 0. The van der Waals surface area contributed by atoms with Gasteiger partial charge in [-0.1, -0.05) is 24.3 Å². The lowest BCUT2D eigenvalue weighted by molar-refractivity contribution is -0.121. The van der Waals surface area contributed by atoms with Crippen molar-refractivity contribution in [2.24, 2.45) is 5.10 Å². The smallest absolute Gasteiger partial charge is 0.240 e. The number of carbonyl (C=O) groups is 1. The lowest BCUT2D eigenvalue weighted by Gasteiger charge is -2.20. The molecule has 0 aromatic heterocycles. The van der Waals surface area contributed by atoms with Gasteiger partial charge in [0.1, 0.15) is 5.75 Å². The van der Waals surface area contributed by atoms with Gasteiger partial charge >= 0.3 is 0 Å². The molecule has 2 aromatic carbocycles. The molecule has 0 aliphatic heterocycles. The number of aliphatic hydroxyl groups excluding tert-OH is 1. The first-order valence-corrected chi connectivity index (χ1v) is 10.1. The van der Waals surface area contributed by atoms with E-state index in [1.54, 1.807) is 6.21 Å². The van der Waals surface area contributed by atoms with E-state index in [1.807, 2.05) is 55.5 Å². The highest BCUT2D eigenvalue weighted by atomic mass is 16.5. The van der Waals surface area contributed by atoms with Gasteiger partial charge in [0, 0.05) is 25.2 Å². The van der Waals surface area contributed by atoms with Gasteiger partial charge in [-0.3, -0.25) is 4.79 Å². The molecule has 2 aromatic rings. The zero-order chi connectivity index (χ0) is 21.1. The van der Waals surface area contributed by atoms with E-state index in [-0.39, 0.29) is 12.3 Å². The number of hydrogen-bond acceptors (Lipinski definition) is 5. The van der Waals surface area contributed by atoms with Gasteiger partial charge < -0.3 is 14.7 Å². The molecule has 6 nitrogen and oxygen atoms in total. The first kappa shape index (κ1) is 22.4.